The summed E-state index contributed by atoms with van der Waals surface area (Å²) in [5, 5.41) is 8.67. The highest BCUT2D eigenvalue weighted by atomic mass is 16.5. The Balaban J connectivity index is 1.95. The minimum atomic E-state index is -0.187. The maximum atomic E-state index is 6.04. The number of fused-ring (bicyclic) bond motifs is 3. The van der Waals surface area contributed by atoms with Gasteiger partial charge in [0.15, 0.2) is 11.3 Å². The SMILES string of the molecule is NCC1(c2nnc3c4[nH]cnc4ncn23)CCOCC1. The number of nitrogens with one attached hydrogen (secondary N) is 1. The van der Waals surface area contributed by atoms with Crippen LogP contribution in [0.15, 0.2) is 12.7 Å². The van der Waals surface area contributed by atoms with Crippen LogP contribution in [0, 0.1) is 0 Å². The summed E-state index contributed by atoms with van der Waals surface area (Å²) >= 11 is 0. The molecule has 4 rings (SSSR count). The van der Waals surface area contributed by atoms with E-state index < -0.39 is 0 Å². The van der Waals surface area contributed by atoms with Crippen LogP contribution >= 0.6 is 0 Å². The zero-order valence-corrected chi connectivity index (χ0v) is 10.9. The van der Waals surface area contributed by atoms with Crippen LogP contribution in [-0.2, 0) is 10.2 Å². The van der Waals surface area contributed by atoms with Crippen molar-refractivity contribution in [1.29, 1.82) is 0 Å². The van der Waals surface area contributed by atoms with E-state index in [2.05, 4.69) is 25.1 Å². The number of aromatic nitrogens is 6. The van der Waals surface area contributed by atoms with Gasteiger partial charge in [-0.3, -0.25) is 4.40 Å². The minimum Gasteiger partial charge on any atom is -0.381 e. The van der Waals surface area contributed by atoms with Crippen molar-refractivity contribution >= 4 is 16.8 Å². The van der Waals surface area contributed by atoms with Gasteiger partial charge in [0, 0.05) is 25.2 Å². The average molecular weight is 273 g/mol. The lowest BCUT2D eigenvalue weighted by molar-refractivity contribution is 0.0496. The summed E-state index contributed by atoms with van der Waals surface area (Å²) in [6.45, 7) is 1.93. The molecule has 3 aromatic heterocycles. The first kappa shape index (κ1) is 11.7. The number of aromatic amines is 1. The third-order valence-corrected chi connectivity index (χ3v) is 4.15. The van der Waals surface area contributed by atoms with Crippen LogP contribution < -0.4 is 5.73 Å². The number of hydrogen-bond donors (Lipinski definition) is 2. The molecule has 0 amide bonds. The Labute approximate surface area is 114 Å². The van der Waals surface area contributed by atoms with E-state index in [9.17, 15) is 0 Å². The van der Waals surface area contributed by atoms with Gasteiger partial charge in [-0.1, -0.05) is 0 Å². The standard InChI is InChI=1S/C12H15N7O/c13-5-12(1-3-20-4-2-12)11-18-17-10-8-9(15-6-14-8)16-7-19(10)11/h6-7H,1-5,13H2,(H,14,15). The van der Waals surface area contributed by atoms with Crippen molar-refractivity contribution in [2.24, 2.45) is 5.73 Å². The van der Waals surface area contributed by atoms with Gasteiger partial charge >= 0.3 is 0 Å². The number of nitrogens with two attached hydrogens (primary N) is 1. The first-order valence-corrected chi connectivity index (χ1v) is 6.65. The zero-order chi connectivity index (χ0) is 13.6. The van der Waals surface area contributed by atoms with Gasteiger partial charge in [0.1, 0.15) is 17.7 Å². The molecule has 3 aromatic rings. The number of rotatable bonds is 2. The Morgan fingerprint density at radius 3 is 2.95 bits per heavy atom. The lowest BCUT2D eigenvalue weighted by Crippen LogP contribution is -2.42. The maximum absolute atomic E-state index is 6.04. The molecule has 4 heterocycles. The zero-order valence-electron chi connectivity index (χ0n) is 10.9. The molecule has 0 unspecified atom stereocenters. The molecular formula is C12H15N7O. The van der Waals surface area contributed by atoms with Gasteiger partial charge in [-0.25, -0.2) is 9.97 Å². The van der Waals surface area contributed by atoms with Gasteiger partial charge in [0.2, 0.25) is 0 Å². The van der Waals surface area contributed by atoms with Crippen LogP contribution in [0.3, 0.4) is 0 Å². The third-order valence-electron chi connectivity index (χ3n) is 4.15. The van der Waals surface area contributed by atoms with Gasteiger partial charge in [-0.15, -0.1) is 10.2 Å². The molecular weight excluding hydrogens is 258 g/mol. The Hall–Kier alpha value is -2.06. The van der Waals surface area contributed by atoms with E-state index >= 15 is 0 Å². The number of H-pyrrole nitrogens is 1. The molecule has 0 radical (unpaired) electrons. The van der Waals surface area contributed by atoms with Gasteiger partial charge in [0.25, 0.3) is 0 Å². The maximum Gasteiger partial charge on any atom is 0.189 e. The van der Waals surface area contributed by atoms with Gasteiger partial charge in [-0.2, -0.15) is 0 Å². The summed E-state index contributed by atoms with van der Waals surface area (Å²) < 4.78 is 7.37. The fourth-order valence-corrected chi connectivity index (χ4v) is 2.88. The second-order valence-corrected chi connectivity index (χ2v) is 5.16. The van der Waals surface area contributed by atoms with E-state index in [1.807, 2.05) is 4.40 Å². The molecule has 0 bridgehead atoms. The molecule has 0 atom stereocenters. The largest absolute Gasteiger partial charge is 0.381 e. The van der Waals surface area contributed by atoms with Crippen molar-refractivity contribution in [1.82, 2.24) is 29.5 Å². The van der Waals surface area contributed by atoms with E-state index in [1.165, 1.54) is 0 Å². The van der Waals surface area contributed by atoms with E-state index in [4.69, 9.17) is 10.5 Å². The van der Waals surface area contributed by atoms with Crippen LogP contribution in [0.1, 0.15) is 18.7 Å². The molecule has 0 aliphatic carbocycles. The fraction of sp³-hybridized carbons (Fsp3) is 0.500. The molecule has 3 N–H and O–H groups in total. The molecule has 8 nitrogen and oxygen atoms in total. The van der Waals surface area contributed by atoms with Crippen LogP contribution in [0.5, 0.6) is 0 Å². The second kappa shape index (κ2) is 4.22. The summed E-state index contributed by atoms with van der Waals surface area (Å²) in [4.78, 5) is 11.5. The first-order chi connectivity index (χ1) is 9.84. The minimum absolute atomic E-state index is 0.187. The quantitative estimate of drug-likeness (QED) is 0.681. The Morgan fingerprint density at radius 2 is 2.15 bits per heavy atom. The first-order valence-electron chi connectivity index (χ1n) is 6.65. The van der Waals surface area contributed by atoms with Crippen LogP contribution in [0.4, 0.5) is 0 Å². The topological polar surface area (TPSA) is 107 Å². The Kier molecular flexibility index (Phi) is 2.48. The molecule has 0 aromatic carbocycles. The van der Waals surface area contributed by atoms with Gasteiger partial charge in [0.05, 0.1) is 6.33 Å². The van der Waals surface area contributed by atoms with E-state index in [1.54, 1.807) is 12.7 Å². The molecule has 20 heavy (non-hydrogen) atoms. The van der Waals surface area contributed by atoms with Crippen molar-refractivity contribution in [2.45, 2.75) is 18.3 Å². The molecule has 1 aliphatic heterocycles. The van der Waals surface area contributed by atoms with Crippen molar-refractivity contribution in [3.8, 4) is 0 Å². The fourth-order valence-electron chi connectivity index (χ4n) is 2.88. The molecule has 104 valence electrons. The Bertz CT molecular complexity index is 755. The summed E-state index contributed by atoms with van der Waals surface area (Å²) in [6.07, 6.45) is 5.04. The van der Waals surface area contributed by atoms with E-state index in [0.29, 0.717) is 25.4 Å². The van der Waals surface area contributed by atoms with Gasteiger partial charge < -0.3 is 15.5 Å². The van der Waals surface area contributed by atoms with E-state index in [0.717, 1.165) is 29.8 Å². The van der Waals surface area contributed by atoms with Crippen molar-refractivity contribution in [2.75, 3.05) is 19.8 Å². The smallest absolute Gasteiger partial charge is 0.189 e. The summed E-state index contributed by atoms with van der Waals surface area (Å²) in [6, 6.07) is 0. The van der Waals surface area contributed by atoms with Crippen LogP contribution in [0.2, 0.25) is 0 Å². The number of ether oxygens (including phenoxy) is 1. The summed E-state index contributed by atoms with van der Waals surface area (Å²) in [5.41, 5.74) is 8.03. The average Bonchev–Trinajstić information content (AvgIpc) is 3.13. The Morgan fingerprint density at radius 1 is 1.30 bits per heavy atom. The summed E-state index contributed by atoms with van der Waals surface area (Å²) in [5.74, 6) is 0.863. The monoisotopic (exact) mass is 273 g/mol. The van der Waals surface area contributed by atoms with Crippen molar-refractivity contribution in [3.05, 3.63) is 18.5 Å². The molecule has 1 fully saturated rings. The third kappa shape index (κ3) is 1.49. The molecule has 1 saturated heterocycles. The number of imidazole rings is 1. The predicted molar refractivity (Wildman–Crippen MR) is 71.2 cm³/mol. The predicted octanol–water partition coefficient (Wildman–Crippen LogP) is 0.00750. The highest BCUT2D eigenvalue weighted by Gasteiger charge is 2.37. The van der Waals surface area contributed by atoms with Crippen LogP contribution in [-0.4, -0.2) is 49.3 Å². The lowest BCUT2D eigenvalue weighted by Gasteiger charge is -2.34. The van der Waals surface area contributed by atoms with Crippen molar-refractivity contribution in [3.63, 3.8) is 0 Å². The highest BCUT2D eigenvalue weighted by molar-refractivity contribution is 5.84. The van der Waals surface area contributed by atoms with Gasteiger partial charge in [-0.05, 0) is 12.8 Å². The molecule has 8 heteroatoms. The van der Waals surface area contributed by atoms with Crippen LogP contribution in [0.25, 0.3) is 16.8 Å². The lowest BCUT2D eigenvalue weighted by atomic mass is 9.79. The van der Waals surface area contributed by atoms with E-state index in [-0.39, 0.29) is 5.41 Å². The summed E-state index contributed by atoms with van der Waals surface area (Å²) in [7, 11) is 0. The number of hydrogen-bond acceptors (Lipinski definition) is 6. The highest BCUT2D eigenvalue weighted by Crippen LogP contribution is 2.33. The molecule has 0 saturated carbocycles. The second-order valence-electron chi connectivity index (χ2n) is 5.16. The number of nitrogens with zero attached hydrogens (tertiary/aromatic N) is 5. The molecule has 0 spiro atoms. The van der Waals surface area contributed by atoms with Crippen molar-refractivity contribution < 1.29 is 4.74 Å². The normalized spacial score (nSPS) is 18.9. The molecule has 1 aliphatic rings.